The van der Waals surface area contributed by atoms with Crippen molar-refractivity contribution in [3.05, 3.63) is 59.1 Å². The first-order valence-corrected chi connectivity index (χ1v) is 10.5. The van der Waals surface area contributed by atoms with E-state index in [4.69, 9.17) is 11.6 Å². The number of rotatable bonds is 4. The first-order chi connectivity index (χ1) is 14.9. The first kappa shape index (κ1) is 21.1. The van der Waals surface area contributed by atoms with Crippen molar-refractivity contribution in [3.63, 3.8) is 0 Å². The van der Waals surface area contributed by atoms with Crippen LogP contribution in [0.25, 0.3) is 10.6 Å². The van der Waals surface area contributed by atoms with Crippen LogP contribution in [0.5, 0.6) is 0 Å². The molecule has 0 spiro atoms. The van der Waals surface area contributed by atoms with Crippen LogP contribution in [-0.4, -0.2) is 39.6 Å². The highest BCUT2D eigenvalue weighted by atomic mass is 35.5. The number of aromatic nitrogens is 2. The van der Waals surface area contributed by atoms with Gasteiger partial charge in [0, 0.05) is 28.9 Å². The van der Waals surface area contributed by atoms with E-state index in [0.717, 1.165) is 17.7 Å². The van der Waals surface area contributed by atoms with Crippen LogP contribution in [0.2, 0.25) is 5.02 Å². The second-order valence-electron chi connectivity index (χ2n) is 6.82. The molecular formula is C20H16ClF2N5O2S. The largest absolute Gasteiger partial charge is 0.322 e. The summed E-state index contributed by atoms with van der Waals surface area (Å²) < 4.78 is 26.4. The minimum absolute atomic E-state index is 0.103. The summed E-state index contributed by atoms with van der Waals surface area (Å²) in [6, 6.07) is 8.85. The minimum Gasteiger partial charge on any atom is -0.312 e. The Morgan fingerprint density at radius 3 is 2.58 bits per heavy atom. The number of hydrogen-bond donors (Lipinski definition) is 2. The molecule has 7 nitrogen and oxygen atoms in total. The Kier molecular flexibility index (Phi) is 6.10. The number of carbonyl (C=O) groups excluding carboxylic acids is 2. The van der Waals surface area contributed by atoms with Crippen LogP contribution in [0.1, 0.15) is 12.8 Å². The number of hydrogen-bond acceptors (Lipinski definition) is 5. The second-order valence-corrected chi connectivity index (χ2v) is 8.23. The molecule has 1 saturated heterocycles. The normalized spacial score (nSPS) is 15.7. The predicted molar refractivity (Wildman–Crippen MR) is 114 cm³/mol. The van der Waals surface area contributed by atoms with Gasteiger partial charge in [-0.05, 0) is 37.1 Å². The Hall–Kier alpha value is -3.11. The molecule has 1 aliphatic heterocycles. The van der Waals surface area contributed by atoms with Crippen LogP contribution >= 0.6 is 22.9 Å². The molecule has 4 rings (SSSR count). The number of nitrogens with zero attached hydrogens (tertiary/aromatic N) is 3. The fourth-order valence-electron chi connectivity index (χ4n) is 3.22. The lowest BCUT2D eigenvalue weighted by molar-refractivity contribution is -0.119. The van der Waals surface area contributed by atoms with Gasteiger partial charge >= 0.3 is 6.03 Å². The fraction of sp³-hybridized carbons (Fsp3) is 0.200. The SMILES string of the molecule is O=C(Nc1nnc(-c2ccc(Cl)cc2)s1)C1CCCN1C(=O)Nc1ccc(F)c(F)c1. The molecule has 1 aliphatic rings. The molecular weight excluding hydrogens is 448 g/mol. The molecule has 0 aliphatic carbocycles. The predicted octanol–water partition coefficient (Wildman–Crippen LogP) is 4.77. The van der Waals surface area contributed by atoms with Gasteiger partial charge < -0.3 is 10.2 Å². The summed E-state index contributed by atoms with van der Waals surface area (Å²) in [6.45, 7) is 0.361. The average Bonchev–Trinajstić information content (AvgIpc) is 3.41. The molecule has 0 saturated carbocycles. The van der Waals surface area contributed by atoms with E-state index >= 15 is 0 Å². The number of urea groups is 1. The van der Waals surface area contributed by atoms with E-state index in [-0.39, 0.29) is 5.69 Å². The first-order valence-electron chi connectivity index (χ1n) is 9.34. The van der Waals surface area contributed by atoms with Gasteiger partial charge in [-0.2, -0.15) is 0 Å². The molecule has 11 heteroatoms. The van der Waals surface area contributed by atoms with Gasteiger partial charge in [0.2, 0.25) is 11.0 Å². The van der Waals surface area contributed by atoms with Gasteiger partial charge in [0.25, 0.3) is 0 Å². The van der Waals surface area contributed by atoms with Crippen LogP contribution in [-0.2, 0) is 4.79 Å². The molecule has 1 aromatic heterocycles. The summed E-state index contributed by atoms with van der Waals surface area (Å²) in [7, 11) is 0. The third kappa shape index (κ3) is 4.80. The maximum Gasteiger partial charge on any atom is 0.322 e. The zero-order valence-electron chi connectivity index (χ0n) is 15.9. The Labute approximate surface area is 185 Å². The van der Waals surface area contributed by atoms with Crippen molar-refractivity contribution in [2.24, 2.45) is 0 Å². The van der Waals surface area contributed by atoms with Gasteiger partial charge in [-0.3, -0.25) is 10.1 Å². The minimum atomic E-state index is -1.07. The summed E-state index contributed by atoms with van der Waals surface area (Å²) in [5, 5.41) is 14.8. The smallest absolute Gasteiger partial charge is 0.312 e. The molecule has 31 heavy (non-hydrogen) atoms. The fourth-order valence-corrected chi connectivity index (χ4v) is 4.10. The summed E-state index contributed by atoms with van der Waals surface area (Å²) in [5.74, 6) is -2.47. The average molecular weight is 464 g/mol. The zero-order chi connectivity index (χ0) is 22.0. The Morgan fingerprint density at radius 1 is 1.06 bits per heavy atom. The number of nitrogens with one attached hydrogen (secondary N) is 2. The van der Waals surface area contributed by atoms with Crippen molar-refractivity contribution in [1.29, 1.82) is 0 Å². The molecule has 0 radical (unpaired) electrons. The van der Waals surface area contributed by atoms with Gasteiger partial charge in [-0.15, -0.1) is 10.2 Å². The summed E-state index contributed by atoms with van der Waals surface area (Å²) in [6.07, 6.45) is 1.11. The highest BCUT2D eigenvalue weighted by Crippen LogP contribution is 2.28. The molecule has 3 amide bonds. The molecule has 2 heterocycles. The third-order valence-corrected chi connectivity index (χ3v) is 5.87. The molecule has 1 atom stereocenters. The van der Waals surface area contributed by atoms with E-state index in [1.807, 2.05) is 0 Å². The molecule has 2 N–H and O–H groups in total. The van der Waals surface area contributed by atoms with E-state index in [1.54, 1.807) is 24.3 Å². The van der Waals surface area contributed by atoms with Crippen LogP contribution in [0.3, 0.4) is 0 Å². The lowest BCUT2D eigenvalue weighted by Crippen LogP contribution is -2.45. The van der Waals surface area contributed by atoms with Gasteiger partial charge in [-0.1, -0.05) is 35.1 Å². The lowest BCUT2D eigenvalue weighted by atomic mass is 10.2. The zero-order valence-corrected chi connectivity index (χ0v) is 17.5. The van der Waals surface area contributed by atoms with Crippen LogP contribution in [0.15, 0.2) is 42.5 Å². The Morgan fingerprint density at radius 2 is 1.84 bits per heavy atom. The summed E-state index contributed by atoms with van der Waals surface area (Å²) in [5.41, 5.74) is 0.919. The summed E-state index contributed by atoms with van der Waals surface area (Å²) in [4.78, 5) is 26.7. The van der Waals surface area contributed by atoms with Crippen molar-refractivity contribution in [2.75, 3.05) is 17.2 Å². The Balaban J connectivity index is 1.41. The molecule has 1 fully saturated rings. The number of benzene rings is 2. The van der Waals surface area contributed by atoms with E-state index in [1.165, 1.54) is 22.3 Å². The Bertz CT molecular complexity index is 1130. The number of amides is 3. The maximum absolute atomic E-state index is 13.4. The highest BCUT2D eigenvalue weighted by Gasteiger charge is 2.34. The van der Waals surface area contributed by atoms with E-state index in [2.05, 4.69) is 20.8 Å². The second kappa shape index (κ2) is 8.94. The van der Waals surface area contributed by atoms with E-state index < -0.39 is 29.6 Å². The van der Waals surface area contributed by atoms with Gasteiger partial charge in [-0.25, -0.2) is 13.6 Å². The van der Waals surface area contributed by atoms with Gasteiger partial charge in [0.1, 0.15) is 11.0 Å². The number of likely N-dealkylation sites (tertiary alicyclic amines) is 1. The van der Waals surface area contributed by atoms with E-state index in [0.29, 0.717) is 34.5 Å². The molecule has 160 valence electrons. The van der Waals surface area contributed by atoms with Crippen molar-refractivity contribution in [1.82, 2.24) is 15.1 Å². The molecule has 0 bridgehead atoms. The quantitative estimate of drug-likeness (QED) is 0.583. The highest BCUT2D eigenvalue weighted by molar-refractivity contribution is 7.18. The number of halogens is 3. The maximum atomic E-state index is 13.4. The lowest BCUT2D eigenvalue weighted by Gasteiger charge is -2.23. The molecule has 2 aromatic carbocycles. The summed E-state index contributed by atoms with van der Waals surface area (Å²) >= 11 is 7.09. The third-order valence-electron chi connectivity index (χ3n) is 4.73. The van der Waals surface area contributed by atoms with Crippen LogP contribution in [0.4, 0.5) is 24.4 Å². The van der Waals surface area contributed by atoms with Crippen molar-refractivity contribution in [3.8, 4) is 10.6 Å². The van der Waals surface area contributed by atoms with Gasteiger partial charge in [0.05, 0.1) is 0 Å². The van der Waals surface area contributed by atoms with Crippen molar-refractivity contribution < 1.29 is 18.4 Å². The van der Waals surface area contributed by atoms with Crippen LogP contribution < -0.4 is 10.6 Å². The van der Waals surface area contributed by atoms with E-state index in [9.17, 15) is 18.4 Å². The van der Waals surface area contributed by atoms with Gasteiger partial charge in [0.15, 0.2) is 11.6 Å². The van der Waals surface area contributed by atoms with Crippen molar-refractivity contribution >= 4 is 45.7 Å². The topological polar surface area (TPSA) is 87.2 Å². The molecule has 3 aromatic rings. The standard InChI is InChI=1S/C20H16ClF2N5O2S/c21-12-5-3-11(4-6-12)18-26-27-19(31-18)25-17(29)16-2-1-9-28(16)20(30)24-13-7-8-14(22)15(23)10-13/h3-8,10,16H,1-2,9H2,(H,24,30)(H,25,27,29). The monoisotopic (exact) mass is 463 g/mol. The van der Waals surface area contributed by atoms with Crippen molar-refractivity contribution in [2.45, 2.75) is 18.9 Å². The number of anilines is 2. The van der Waals surface area contributed by atoms with Crippen LogP contribution in [0, 0.1) is 11.6 Å². The molecule has 1 unspecified atom stereocenters. The number of carbonyl (C=O) groups is 2.